The molecule has 2 aliphatic rings. The lowest BCUT2D eigenvalue weighted by atomic mass is 10.00. The van der Waals surface area contributed by atoms with Crippen molar-refractivity contribution in [2.45, 2.75) is 26.7 Å². The second-order valence-corrected chi connectivity index (χ2v) is 5.74. The van der Waals surface area contributed by atoms with Crippen LogP contribution in [0.3, 0.4) is 0 Å². The third kappa shape index (κ3) is 3.39. The van der Waals surface area contributed by atoms with Gasteiger partial charge in [0.25, 0.3) is 0 Å². The number of rotatable bonds is 5. The van der Waals surface area contributed by atoms with Crippen LogP contribution in [0.5, 0.6) is 0 Å². The van der Waals surface area contributed by atoms with Gasteiger partial charge in [-0.05, 0) is 25.5 Å². The van der Waals surface area contributed by atoms with E-state index < -0.39 is 0 Å². The number of hydrogen-bond donors (Lipinski definition) is 0. The highest BCUT2D eigenvalue weighted by Crippen LogP contribution is 2.32. The fourth-order valence-corrected chi connectivity index (χ4v) is 3.08. The van der Waals surface area contributed by atoms with Crippen molar-refractivity contribution in [3.05, 3.63) is 59.7 Å². The number of fused-ring (bicyclic) bond motifs is 1. The molecule has 0 spiro atoms. The standard InChI is InChI=1S/C20H24N2O/c1-3-13-22-14-7-10-18-19(22)11-12-21-20(18)16-8-5-6-9-17(15-16)23-4-2/h5-8,10-12,15H,3-4,9,13-14H2,1-2H3. The minimum Gasteiger partial charge on any atom is -0.498 e. The lowest BCUT2D eigenvalue weighted by Crippen LogP contribution is -2.27. The van der Waals surface area contributed by atoms with Gasteiger partial charge in [0.2, 0.25) is 0 Å². The Morgan fingerprint density at radius 2 is 2.17 bits per heavy atom. The van der Waals surface area contributed by atoms with Crippen molar-refractivity contribution >= 4 is 17.3 Å². The Kier molecular flexibility index (Phi) is 4.96. The summed E-state index contributed by atoms with van der Waals surface area (Å²) in [5, 5.41) is 0. The van der Waals surface area contributed by atoms with Crippen LogP contribution < -0.4 is 4.90 Å². The zero-order valence-electron chi connectivity index (χ0n) is 14.0. The van der Waals surface area contributed by atoms with Gasteiger partial charge in [0.15, 0.2) is 0 Å². The molecule has 0 unspecified atom stereocenters. The summed E-state index contributed by atoms with van der Waals surface area (Å²) in [4.78, 5) is 7.08. The Morgan fingerprint density at radius 3 is 3.00 bits per heavy atom. The summed E-state index contributed by atoms with van der Waals surface area (Å²) < 4.78 is 5.73. The van der Waals surface area contributed by atoms with Gasteiger partial charge in [-0.15, -0.1) is 0 Å². The van der Waals surface area contributed by atoms with Crippen LogP contribution in [-0.4, -0.2) is 24.7 Å². The zero-order valence-corrected chi connectivity index (χ0v) is 14.0. The number of anilines is 1. The van der Waals surface area contributed by atoms with E-state index >= 15 is 0 Å². The molecule has 3 nitrogen and oxygen atoms in total. The van der Waals surface area contributed by atoms with Gasteiger partial charge < -0.3 is 9.64 Å². The summed E-state index contributed by atoms with van der Waals surface area (Å²) >= 11 is 0. The smallest absolute Gasteiger partial charge is 0.100 e. The number of aromatic nitrogens is 1. The van der Waals surface area contributed by atoms with E-state index in [9.17, 15) is 0 Å². The normalized spacial score (nSPS) is 16.5. The third-order valence-electron chi connectivity index (χ3n) is 4.06. The Labute approximate surface area is 138 Å². The molecule has 0 amide bonds. The minimum absolute atomic E-state index is 0.692. The Hall–Kier alpha value is -2.29. The molecule has 0 bridgehead atoms. The number of hydrogen-bond acceptors (Lipinski definition) is 3. The predicted octanol–water partition coefficient (Wildman–Crippen LogP) is 4.59. The molecule has 0 fully saturated rings. The fourth-order valence-electron chi connectivity index (χ4n) is 3.08. The Balaban J connectivity index is 2.03. The molecular weight excluding hydrogens is 284 g/mol. The molecule has 0 radical (unpaired) electrons. The molecule has 3 rings (SSSR count). The van der Waals surface area contributed by atoms with E-state index in [4.69, 9.17) is 4.74 Å². The van der Waals surface area contributed by atoms with Crippen molar-refractivity contribution in [3.8, 4) is 0 Å². The van der Waals surface area contributed by atoms with Crippen molar-refractivity contribution in [2.24, 2.45) is 0 Å². The van der Waals surface area contributed by atoms with Crippen LogP contribution in [0.25, 0.3) is 11.6 Å². The van der Waals surface area contributed by atoms with E-state index in [-0.39, 0.29) is 0 Å². The summed E-state index contributed by atoms with van der Waals surface area (Å²) in [7, 11) is 0. The number of ether oxygens (including phenoxy) is 1. The quantitative estimate of drug-likeness (QED) is 0.795. The van der Waals surface area contributed by atoms with Crippen LogP contribution in [0.4, 0.5) is 5.69 Å². The lowest BCUT2D eigenvalue weighted by molar-refractivity contribution is 0.225. The molecule has 1 aliphatic carbocycles. The maximum atomic E-state index is 5.73. The third-order valence-corrected chi connectivity index (χ3v) is 4.06. The minimum atomic E-state index is 0.692. The van der Waals surface area contributed by atoms with E-state index in [2.05, 4.69) is 59.3 Å². The molecule has 1 aromatic rings. The summed E-state index contributed by atoms with van der Waals surface area (Å²) in [6.07, 6.45) is 16.8. The molecule has 0 saturated carbocycles. The average molecular weight is 308 g/mol. The molecule has 2 heterocycles. The van der Waals surface area contributed by atoms with Crippen molar-refractivity contribution in [1.82, 2.24) is 4.98 Å². The summed E-state index contributed by atoms with van der Waals surface area (Å²) in [5.41, 5.74) is 4.63. The zero-order chi connectivity index (χ0) is 16.1. The van der Waals surface area contributed by atoms with Crippen LogP contribution in [0.2, 0.25) is 0 Å². The number of pyridine rings is 1. The van der Waals surface area contributed by atoms with Crippen molar-refractivity contribution < 1.29 is 4.74 Å². The molecule has 1 aromatic heterocycles. The first-order valence-electron chi connectivity index (χ1n) is 8.44. The fraction of sp³-hybridized carbons (Fsp3) is 0.350. The summed E-state index contributed by atoms with van der Waals surface area (Å²) in [5.74, 6) is 0.997. The van der Waals surface area contributed by atoms with Gasteiger partial charge >= 0.3 is 0 Å². The molecular formula is C20H24N2O. The van der Waals surface area contributed by atoms with Gasteiger partial charge in [-0.3, -0.25) is 4.98 Å². The molecule has 0 N–H and O–H groups in total. The Morgan fingerprint density at radius 1 is 1.26 bits per heavy atom. The topological polar surface area (TPSA) is 25.4 Å². The van der Waals surface area contributed by atoms with Gasteiger partial charge in [0, 0.05) is 42.5 Å². The highest BCUT2D eigenvalue weighted by Gasteiger charge is 2.18. The van der Waals surface area contributed by atoms with Gasteiger partial charge in [-0.25, -0.2) is 0 Å². The number of allylic oxidation sites excluding steroid dienone is 5. The lowest BCUT2D eigenvalue weighted by Gasteiger charge is -2.28. The van der Waals surface area contributed by atoms with Gasteiger partial charge in [0.05, 0.1) is 12.3 Å². The number of nitrogens with zero attached hydrogens (tertiary/aromatic N) is 2. The van der Waals surface area contributed by atoms with Gasteiger partial charge in [0.1, 0.15) is 5.76 Å². The first-order valence-corrected chi connectivity index (χ1v) is 8.44. The molecule has 23 heavy (non-hydrogen) atoms. The highest BCUT2D eigenvalue weighted by atomic mass is 16.5. The van der Waals surface area contributed by atoms with E-state index in [1.54, 1.807) is 0 Å². The van der Waals surface area contributed by atoms with Gasteiger partial charge in [-0.2, -0.15) is 0 Å². The first-order chi connectivity index (χ1) is 11.3. The van der Waals surface area contributed by atoms with Crippen LogP contribution in [0.15, 0.2) is 48.4 Å². The van der Waals surface area contributed by atoms with E-state index in [1.807, 2.05) is 13.1 Å². The largest absolute Gasteiger partial charge is 0.498 e. The van der Waals surface area contributed by atoms with Crippen molar-refractivity contribution in [2.75, 3.05) is 24.6 Å². The maximum Gasteiger partial charge on any atom is 0.100 e. The molecule has 0 aromatic carbocycles. The van der Waals surface area contributed by atoms with E-state index in [0.29, 0.717) is 6.61 Å². The van der Waals surface area contributed by atoms with Crippen molar-refractivity contribution in [1.29, 1.82) is 0 Å². The first kappa shape index (κ1) is 15.6. The second-order valence-electron chi connectivity index (χ2n) is 5.74. The molecule has 120 valence electrons. The van der Waals surface area contributed by atoms with Crippen LogP contribution in [-0.2, 0) is 4.74 Å². The van der Waals surface area contributed by atoms with Gasteiger partial charge in [-0.1, -0.05) is 37.3 Å². The second kappa shape index (κ2) is 7.32. The molecule has 1 aliphatic heterocycles. The molecule has 0 saturated heterocycles. The predicted molar refractivity (Wildman–Crippen MR) is 97.2 cm³/mol. The Bertz CT molecular complexity index is 683. The molecule has 0 atom stereocenters. The summed E-state index contributed by atoms with van der Waals surface area (Å²) in [6.45, 7) is 6.98. The van der Waals surface area contributed by atoms with Crippen LogP contribution in [0.1, 0.15) is 37.9 Å². The van der Waals surface area contributed by atoms with Crippen molar-refractivity contribution in [3.63, 3.8) is 0 Å². The van der Waals surface area contributed by atoms with E-state index in [1.165, 1.54) is 11.3 Å². The van der Waals surface area contributed by atoms with Crippen LogP contribution >= 0.6 is 0 Å². The van der Waals surface area contributed by atoms with E-state index in [0.717, 1.165) is 43.0 Å². The average Bonchev–Trinajstić information content (AvgIpc) is 2.81. The van der Waals surface area contributed by atoms with Crippen LogP contribution in [0, 0.1) is 0 Å². The maximum absolute atomic E-state index is 5.73. The molecule has 3 heteroatoms. The summed E-state index contributed by atoms with van der Waals surface area (Å²) in [6, 6.07) is 2.12. The monoisotopic (exact) mass is 308 g/mol. The highest BCUT2D eigenvalue weighted by molar-refractivity contribution is 5.85. The SMILES string of the molecule is CCCN1CC=Cc2c1ccnc2C1=CC=CCC(OCC)=C1.